The Morgan fingerprint density at radius 3 is 2.28 bits per heavy atom. The molecule has 2 aliphatic heterocycles. The number of carbonyl (C=O) groups is 3. The van der Waals surface area contributed by atoms with Crippen LogP contribution < -0.4 is 14.4 Å². The number of imide groups is 1. The third-order valence-electron chi connectivity index (χ3n) is 5.25. The molecule has 2 fully saturated rings. The second kappa shape index (κ2) is 7.86. The molecule has 10 heteroatoms. The van der Waals surface area contributed by atoms with Crippen molar-refractivity contribution >= 4 is 44.4 Å². The molecule has 2 saturated heterocycles. The van der Waals surface area contributed by atoms with Gasteiger partial charge in [0.15, 0.2) is 5.13 Å². The van der Waals surface area contributed by atoms with E-state index < -0.39 is 0 Å². The van der Waals surface area contributed by atoms with Crippen LogP contribution >= 0.6 is 11.3 Å². The highest BCUT2D eigenvalue weighted by Crippen LogP contribution is 2.40. The summed E-state index contributed by atoms with van der Waals surface area (Å²) in [4.78, 5) is 45.6. The molecule has 0 saturated carbocycles. The van der Waals surface area contributed by atoms with E-state index in [0.717, 1.165) is 26.0 Å². The molecule has 29 heavy (non-hydrogen) atoms. The maximum atomic E-state index is 12.5. The van der Waals surface area contributed by atoms with Gasteiger partial charge in [-0.1, -0.05) is 11.3 Å². The number of ether oxygens (including phenoxy) is 2. The van der Waals surface area contributed by atoms with Crippen LogP contribution in [0.25, 0.3) is 10.2 Å². The number of aromatic nitrogens is 1. The molecule has 154 valence electrons. The van der Waals surface area contributed by atoms with Crippen molar-refractivity contribution in [1.82, 2.24) is 14.8 Å². The van der Waals surface area contributed by atoms with Crippen molar-refractivity contribution in [2.24, 2.45) is 0 Å². The maximum absolute atomic E-state index is 12.5. The van der Waals surface area contributed by atoms with E-state index in [2.05, 4.69) is 4.90 Å². The molecule has 0 aliphatic carbocycles. The predicted octanol–water partition coefficient (Wildman–Crippen LogP) is 1.11. The standard InChI is InChI=1S/C19H22N4O5S/c1-27-12-3-4-13(28-2)18-17(12)20-19(29-18)22-9-7-21(8-10-22)16(26)11-23-14(24)5-6-15(23)25/h3-4H,5-11H2,1-2H3. The first-order valence-electron chi connectivity index (χ1n) is 9.39. The molecule has 0 bridgehead atoms. The van der Waals surface area contributed by atoms with Crippen LogP contribution in [-0.2, 0) is 14.4 Å². The number of anilines is 1. The van der Waals surface area contributed by atoms with Gasteiger partial charge in [-0.05, 0) is 12.1 Å². The lowest BCUT2D eigenvalue weighted by Crippen LogP contribution is -2.51. The zero-order chi connectivity index (χ0) is 20.5. The normalized spacial score (nSPS) is 17.4. The van der Waals surface area contributed by atoms with E-state index in [0.29, 0.717) is 31.9 Å². The van der Waals surface area contributed by atoms with Gasteiger partial charge in [0.2, 0.25) is 17.7 Å². The molecule has 4 rings (SSSR count). The van der Waals surface area contributed by atoms with Crippen molar-refractivity contribution in [2.75, 3.05) is 51.8 Å². The Hall–Kier alpha value is -2.88. The number of benzene rings is 1. The van der Waals surface area contributed by atoms with E-state index in [4.69, 9.17) is 14.5 Å². The van der Waals surface area contributed by atoms with Crippen molar-refractivity contribution in [1.29, 1.82) is 0 Å². The van der Waals surface area contributed by atoms with Gasteiger partial charge in [0.25, 0.3) is 0 Å². The third kappa shape index (κ3) is 3.59. The molecule has 0 atom stereocenters. The van der Waals surface area contributed by atoms with Crippen molar-refractivity contribution in [3.63, 3.8) is 0 Å². The van der Waals surface area contributed by atoms with E-state index in [1.54, 1.807) is 19.1 Å². The second-order valence-electron chi connectivity index (χ2n) is 6.89. The Bertz CT molecular complexity index is 910. The molecule has 0 spiro atoms. The van der Waals surface area contributed by atoms with E-state index in [9.17, 15) is 14.4 Å². The summed E-state index contributed by atoms with van der Waals surface area (Å²) in [6.07, 6.45) is 0.398. The van der Waals surface area contributed by atoms with Crippen LogP contribution in [0.5, 0.6) is 11.5 Å². The lowest BCUT2D eigenvalue weighted by Gasteiger charge is -2.35. The molecule has 9 nitrogen and oxygen atoms in total. The first-order valence-corrected chi connectivity index (χ1v) is 10.2. The quantitative estimate of drug-likeness (QED) is 0.672. The Balaban J connectivity index is 1.44. The molecule has 0 radical (unpaired) electrons. The SMILES string of the molecule is COc1ccc(OC)c2sc(N3CCN(C(=O)CN4C(=O)CCC4=O)CC3)nc12. The fraction of sp³-hybridized carbons (Fsp3) is 0.474. The number of rotatable bonds is 5. The molecule has 0 N–H and O–H groups in total. The molecular weight excluding hydrogens is 396 g/mol. The lowest BCUT2D eigenvalue weighted by molar-refractivity contribution is -0.145. The van der Waals surface area contributed by atoms with Crippen LogP contribution in [0.2, 0.25) is 0 Å². The number of hydrogen-bond acceptors (Lipinski definition) is 8. The molecule has 0 unspecified atom stereocenters. The van der Waals surface area contributed by atoms with Crippen LogP contribution in [0.1, 0.15) is 12.8 Å². The Morgan fingerprint density at radius 1 is 1.03 bits per heavy atom. The van der Waals surface area contributed by atoms with Crippen LogP contribution in [0, 0.1) is 0 Å². The summed E-state index contributed by atoms with van der Waals surface area (Å²) in [5, 5.41) is 0.847. The topological polar surface area (TPSA) is 92.3 Å². The number of likely N-dealkylation sites (tertiary alicyclic amines) is 1. The molecule has 3 amide bonds. The third-order valence-corrected chi connectivity index (χ3v) is 6.38. The number of methoxy groups -OCH3 is 2. The van der Waals surface area contributed by atoms with Crippen LogP contribution in [0.4, 0.5) is 5.13 Å². The summed E-state index contributed by atoms with van der Waals surface area (Å²) >= 11 is 1.53. The molecule has 1 aromatic heterocycles. The Labute approximate surface area is 171 Å². The zero-order valence-electron chi connectivity index (χ0n) is 16.3. The minimum absolute atomic E-state index is 0.160. The minimum atomic E-state index is -0.264. The summed E-state index contributed by atoms with van der Waals surface area (Å²) in [7, 11) is 3.24. The van der Waals surface area contributed by atoms with Gasteiger partial charge in [-0.3, -0.25) is 19.3 Å². The fourth-order valence-electron chi connectivity index (χ4n) is 3.59. The van der Waals surface area contributed by atoms with Gasteiger partial charge < -0.3 is 19.3 Å². The van der Waals surface area contributed by atoms with Gasteiger partial charge in [-0.25, -0.2) is 4.98 Å². The van der Waals surface area contributed by atoms with Gasteiger partial charge in [-0.15, -0.1) is 0 Å². The van der Waals surface area contributed by atoms with E-state index in [1.165, 1.54) is 11.3 Å². The van der Waals surface area contributed by atoms with Crippen molar-refractivity contribution in [3.8, 4) is 11.5 Å². The minimum Gasteiger partial charge on any atom is -0.495 e. The molecule has 3 heterocycles. The van der Waals surface area contributed by atoms with Crippen molar-refractivity contribution in [2.45, 2.75) is 12.8 Å². The van der Waals surface area contributed by atoms with Gasteiger partial charge in [0, 0.05) is 39.0 Å². The number of piperazine rings is 1. The number of nitrogens with zero attached hydrogens (tertiary/aromatic N) is 4. The summed E-state index contributed by atoms with van der Waals surface area (Å²) in [6.45, 7) is 2.11. The zero-order valence-corrected chi connectivity index (χ0v) is 17.2. The van der Waals surface area contributed by atoms with E-state index >= 15 is 0 Å². The van der Waals surface area contributed by atoms with Gasteiger partial charge in [0.1, 0.15) is 28.3 Å². The summed E-state index contributed by atoms with van der Waals surface area (Å²) in [5.41, 5.74) is 0.761. The lowest BCUT2D eigenvalue weighted by atomic mass is 10.3. The molecule has 2 aliphatic rings. The van der Waals surface area contributed by atoms with Gasteiger partial charge in [-0.2, -0.15) is 0 Å². The van der Waals surface area contributed by atoms with Crippen LogP contribution in [0.3, 0.4) is 0 Å². The van der Waals surface area contributed by atoms with Gasteiger partial charge >= 0.3 is 0 Å². The number of amides is 3. The smallest absolute Gasteiger partial charge is 0.242 e. The predicted molar refractivity (Wildman–Crippen MR) is 107 cm³/mol. The largest absolute Gasteiger partial charge is 0.495 e. The van der Waals surface area contributed by atoms with E-state index in [-0.39, 0.29) is 37.1 Å². The maximum Gasteiger partial charge on any atom is 0.242 e. The monoisotopic (exact) mass is 418 g/mol. The summed E-state index contributed by atoms with van der Waals surface area (Å²) < 4.78 is 11.8. The molecule has 1 aromatic carbocycles. The second-order valence-corrected chi connectivity index (χ2v) is 7.86. The Morgan fingerprint density at radius 2 is 1.66 bits per heavy atom. The molecule has 2 aromatic rings. The summed E-state index contributed by atoms with van der Waals surface area (Å²) in [6, 6.07) is 3.70. The highest BCUT2D eigenvalue weighted by Gasteiger charge is 2.33. The van der Waals surface area contributed by atoms with E-state index in [1.807, 2.05) is 12.1 Å². The average Bonchev–Trinajstić information content (AvgIpc) is 3.32. The van der Waals surface area contributed by atoms with Crippen molar-refractivity contribution in [3.05, 3.63) is 12.1 Å². The number of fused-ring (bicyclic) bond motifs is 1. The summed E-state index contributed by atoms with van der Waals surface area (Å²) in [5.74, 6) is 0.718. The number of thiazole rings is 1. The highest BCUT2D eigenvalue weighted by molar-refractivity contribution is 7.22. The van der Waals surface area contributed by atoms with Crippen LogP contribution in [-0.4, -0.2) is 79.4 Å². The number of hydrogen-bond donors (Lipinski definition) is 0. The van der Waals surface area contributed by atoms with Crippen molar-refractivity contribution < 1.29 is 23.9 Å². The first-order chi connectivity index (χ1) is 14.0. The van der Waals surface area contributed by atoms with Crippen LogP contribution in [0.15, 0.2) is 12.1 Å². The fourth-order valence-corrected chi connectivity index (χ4v) is 4.72. The number of carbonyl (C=O) groups excluding carboxylic acids is 3. The first kappa shape index (κ1) is 19.4. The highest BCUT2D eigenvalue weighted by atomic mass is 32.1. The van der Waals surface area contributed by atoms with Gasteiger partial charge in [0.05, 0.1) is 14.2 Å². The molecular formula is C19H22N4O5S. The average molecular weight is 418 g/mol. The Kier molecular flexibility index (Phi) is 5.27.